The summed E-state index contributed by atoms with van der Waals surface area (Å²) in [6.07, 6.45) is 1.07. The van der Waals surface area contributed by atoms with Gasteiger partial charge in [0.1, 0.15) is 18.3 Å². The summed E-state index contributed by atoms with van der Waals surface area (Å²) in [5.74, 6) is 0.0845. The lowest BCUT2D eigenvalue weighted by molar-refractivity contribution is -0.140. The van der Waals surface area contributed by atoms with Gasteiger partial charge in [-0.1, -0.05) is 38.1 Å². The van der Waals surface area contributed by atoms with E-state index in [4.69, 9.17) is 4.74 Å². The third kappa shape index (κ3) is 8.26. The van der Waals surface area contributed by atoms with Gasteiger partial charge in [-0.05, 0) is 69.0 Å². The Morgan fingerprint density at radius 2 is 1.64 bits per heavy atom. The van der Waals surface area contributed by atoms with Crippen LogP contribution in [0.3, 0.4) is 0 Å². The molecule has 0 bridgehead atoms. The number of hydrogen-bond acceptors (Lipinski definition) is 5. The van der Waals surface area contributed by atoms with Gasteiger partial charge in [-0.15, -0.1) is 0 Å². The predicted octanol–water partition coefficient (Wildman–Crippen LogP) is 3.92. The van der Waals surface area contributed by atoms with Gasteiger partial charge in [-0.3, -0.25) is 13.9 Å². The molecule has 0 saturated carbocycles. The Morgan fingerprint density at radius 3 is 2.14 bits per heavy atom. The molecule has 0 saturated heterocycles. The highest BCUT2D eigenvalue weighted by Gasteiger charge is 2.31. The van der Waals surface area contributed by atoms with Gasteiger partial charge in [-0.2, -0.15) is 0 Å². The van der Waals surface area contributed by atoms with E-state index >= 15 is 0 Å². The average Bonchev–Trinajstić information content (AvgIpc) is 2.78. The molecule has 0 aliphatic carbocycles. The van der Waals surface area contributed by atoms with Crippen molar-refractivity contribution in [2.45, 2.75) is 65.6 Å². The number of hydrogen-bond donors (Lipinski definition) is 1. The lowest BCUT2D eigenvalue weighted by atomic mass is 10.0. The highest BCUT2D eigenvalue weighted by atomic mass is 32.2. The van der Waals surface area contributed by atoms with Crippen LogP contribution in [0.4, 0.5) is 5.69 Å². The van der Waals surface area contributed by atoms with Crippen LogP contribution in [0.2, 0.25) is 0 Å². The maximum Gasteiger partial charge on any atom is 0.244 e. The van der Waals surface area contributed by atoms with Crippen molar-refractivity contribution in [2.24, 2.45) is 0 Å². The molecule has 2 aromatic carbocycles. The van der Waals surface area contributed by atoms with Crippen molar-refractivity contribution in [1.82, 2.24) is 10.2 Å². The van der Waals surface area contributed by atoms with Crippen molar-refractivity contribution in [3.8, 4) is 5.75 Å². The third-order valence-electron chi connectivity index (χ3n) is 5.68. The van der Waals surface area contributed by atoms with E-state index in [1.807, 2.05) is 52.8 Å². The zero-order valence-corrected chi connectivity index (χ0v) is 23.3. The van der Waals surface area contributed by atoms with E-state index in [2.05, 4.69) is 5.32 Å². The molecule has 0 heterocycles. The number of sulfonamides is 1. The molecule has 0 unspecified atom stereocenters. The summed E-state index contributed by atoms with van der Waals surface area (Å²) in [7, 11) is -2.22. The number of rotatable bonds is 10. The molecule has 0 aliphatic heterocycles. The van der Waals surface area contributed by atoms with E-state index in [0.29, 0.717) is 11.4 Å². The van der Waals surface area contributed by atoms with Crippen LogP contribution in [0.1, 0.15) is 58.6 Å². The van der Waals surface area contributed by atoms with Gasteiger partial charge < -0.3 is 15.0 Å². The first-order valence-electron chi connectivity index (χ1n) is 11.9. The molecule has 0 fully saturated rings. The first kappa shape index (κ1) is 29.2. The van der Waals surface area contributed by atoms with Crippen LogP contribution >= 0.6 is 0 Å². The molecule has 0 spiro atoms. The second-order valence-electron chi connectivity index (χ2n) is 10.3. The molecule has 2 amide bonds. The van der Waals surface area contributed by atoms with Gasteiger partial charge in [0.15, 0.2) is 0 Å². The number of nitrogens with one attached hydrogen (secondary N) is 1. The molecule has 198 valence electrons. The first-order chi connectivity index (χ1) is 16.6. The van der Waals surface area contributed by atoms with Gasteiger partial charge in [0, 0.05) is 12.1 Å². The molecule has 0 radical (unpaired) electrons. The summed E-state index contributed by atoms with van der Waals surface area (Å²) >= 11 is 0. The summed E-state index contributed by atoms with van der Waals surface area (Å²) in [5.41, 5.74) is 1.71. The zero-order valence-electron chi connectivity index (χ0n) is 22.5. The Balaban J connectivity index is 2.42. The molecule has 0 aromatic heterocycles. The molecule has 8 nitrogen and oxygen atoms in total. The Bertz CT molecular complexity index is 1150. The van der Waals surface area contributed by atoms with E-state index in [9.17, 15) is 18.0 Å². The summed E-state index contributed by atoms with van der Waals surface area (Å²) < 4.78 is 31.8. The Hall–Kier alpha value is -3.07. The lowest BCUT2D eigenvalue weighted by Gasteiger charge is -2.33. The van der Waals surface area contributed by atoms with Gasteiger partial charge in [0.25, 0.3) is 0 Å². The second-order valence-corrected chi connectivity index (χ2v) is 12.2. The van der Waals surface area contributed by atoms with Crippen LogP contribution in [-0.4, -0.2) is 56.6 Å². The Labute approximate surface area is 215 Å². The number of anilines is 1. The van der Waals surface area contributed by atoms with E-state index in [0.717, 1.165) is 21.7 Å². The lowest BCUT2D eigenvalue weighted by Crippen LogP contribution is -2.54. The fourth-order valence-electron chi connectivity index (χ4n) is 3.66. The molecule has 9 heteroatoms. The van der Waals surface area contributed by atoms with Crippen molar-refractivity contribution in [1.29, 1.82) is 0 Å². The summed E-state index contributed by atoms with van der Waals surface area (Å²) in [5, 5.41) is 2.91. The van der Waals surface area contributed by atoms with Crippen molar-refractivity contribution in [2.75, 3.05) is 24.2 Å². The van der Waals surface area contributed by atoms with Crippen LogP contribution in [-0.2, 0) is 26.2 Å². The number of carbonyl (C=O) groups is 2. The summed E-state index contributed by atoms with van der Waals surface area (Å²) in [6, 6.07) is 13.5. The van der Waals surface area contributed by atoms with Crippen molar-refractivity contribution < 1.29 is 22.7 Å². The van der Waals surface area contributed by atoms with Gasteiger partial charge in [0.05, 0.1) is 19.1 Å². The number of methoxy groups -OCH3 is 1. The monoisotopic (exact) mass is 517 g/mol. The van der Waals surface area contributed by atoms with E-state index in [1.54, 1.807) is 44.4 Å². The molecular weight excluding hydrogens is 478 g/mol. The van der Waals surface area contributed by atoms with Gasteiger partial charge in [0.2, 0.25) is 21.8 Å². The van der Waals surface area contributed by atoms with Crippen molar-refractivity contribution >= 4 is 27.5 Å². The fourth-order valence-corrected chi connectivity index (χ4v) is 4.51. The predicted molar refractivity (Wildman–Crippen MR) is 144 cm³/mol. The van der Waals surface area contributed by atoms with E-state index < -0.39 is 34.1 Å². The number of nitrogens with zero attached hydrogens (tertiary/aromatic N) is 2. The molecule has 36 heavy (non-hydrogen) atoms. The minimum absolute atomic E-state index is 0.110. The molecular formula is C27H39N3O5S. The first-order valence-corrected chi connectivity index (χ1v) is 13.8. The topological polar surface area (TPSA) is 96.0 Å². The van der Waals surface area contributed by atoms with Gasteiger partial charge in [-0.25, -0.2) is 8.42 Å². The fraction of sp³-hybridized carbons (Fsp3) is 0.481. The van der Waals surface area contributed by atoms with Crippen LogP contribution in [0, 0.1) is 0 Å². The molecule has 1 N–H and O–H groups in total. The Morgan fingerprint density at radius 1 is 1.03 bits per heavy atom. The number of amides is 2. The maximum atomic E-state index is 13.6. The smallest absolute Gasteiger partial charge is 0.244 e. The molecule has 2 rings (SSSR count). The SMILES string of the molecule is COc1cccc(CN(C(=O)CN(c2ccc(C(C)C)cc2)S(C)(=O)=O)[C@@H](C)C(=O)NC(C)(C)C)c1. The van der Waals surface area contributed by atoms with Crippen LogP contribution in [0.5, 0.6) is 5.75 Å². The minimum Gasteiger partial charge on any atom is -0.497 e. The standard InChI is InChI=1S/C27H39N3O5S/c1-19(2)22-12-14-23(15-13-22)30(36(8,33)34)18-25(31)29(20(3)26(32)28-27(4,5)6)17-21-10-9-11-24(16-21)35-7/h9-16,19-20H,17-18H2,1-8H3,(H,28,32)/t20-/m0/s1. The highest BCUT2D eigenvalue weighted by molar-refractivity contribution is 7.92. The van der Waals surface area contributed by atoms with E-state index in [1.165, 1.54) is 4.90 Å². The molecule has 2 aromatic rings. The van der Waals surface area contributed by atoms with Crippen LogP contribution < -0.4 is 14.4 Å². The molecule has 1 atom stereocenters. The van der Waals surface area contributed by atoms with Gasteiger partial charge >= 0.3 is 0 Å². The normalized spacial score (nSPS) is 12.7. The quantitative estimate of drug-likeness (QED) is 0.515. The number of benzene rings is 2. The number of ether oxygens (including phenoxy) is 1. The highest BCUT2D eigenvalue weighted by Crippen LogP contribution is 2.23. The maximum absolute atomic E-state index is 13.6. The van der Waals surface area contributed by atoms with Crippen LogP contribution in [0.25, 0.3) is 0 Å². The second kappa shape index (κ2) is 11.8. The third-order valence-corrected chi connectivity index (χ3v) is 6.82. The van der Waals surface area contributed by atoms with E-state index in [-0.39, 0.29) is 18.4 Å². The largest absolute Gasteiger partial charge is 0.497 e. The Kier molecular flexibility index (Phi) is 9.54. The summed E-state index contributed by atoms with van der Waals surface area (Å²) in [4.78, 5) is 28.0. The minimum atomic E-state index is -3.77. The van der Waals surface area contributed by atoms with Crippen molar-refractivity contribution in [3.05, 3.63) is 59.7 Å². The van der Waals surface area contributed by atoms with Crippen LogP contribution in [0.15, 0.2) is 48.5 Å². The average molecular weight is 518 g/mol. The number of carbonyl (C=O) groups excluding carboxylic acids is 2. The zero-order chi connectivity index (χ0) is 27.3. The molecule has 0 aliphatic rings. The summed E-state index contributed by atoms with van der Waals surface area (Å²) in [6.45, 7) is 11.0. The van der Waals surface area contributed by atoms with Crippen molar-refractivity contribution in [3.63, 3.8) is 0 Å².